The lowest BCUT2D eigenvalue weighted by molar-refractivity contribution is -0.198. The Morgan fingerprint density at radius 1 is 1.23 bits per heavy atom. The fraction of sp³-hybridized carbons (Fsp3) is 0.786. The van der Waals surface area contributed by atoms with Crippen LogP contribution in [0.1, 0.15) is 26.2 Å². The van der Waals surface area contributed by atoms with E-state index in [-0.39, 0.29) is 25.4 Å². The van der Waals surface area contributed by atoms with E-state index in [0.29, 0.717) is 24.8 Å². The molecule has 0 aromatic carbocycles. The highest BCUT2D eigenvalue weighted by atomic mass is 16.7. The van der Waals surface area contributed by atoms with Crippen LogP contribution in [0.15, 0.2) is 0 Å². The van der Waals surface area contributed by atoms with Crippen LogP contribution in [0.3, 0.4) is 0 Å². The van der Waals surface area contributed by atoms with E-state index in [2.05, 4.69) is 0 Å². The van der Waals surface area contributed by atoms with Crippen LogP contribution in [0.4, 0.5) is 0 Å². The molecule has 0 aromatic rings. The number of ether oxygens (including phenoxy) is 2. The molecule has 1 heterocycles. The van der Waals surface area contributed by atoms with Crippen LogP contribution in [-0.4, -0.2) is 74.3 Å². The Balaban J connectivity index is 2.53. The van der Waals surface area contributed by atoms with E-state index < -0.39 is 17.8 Å². The SMILES string of the molecule is COCCCN(CC(=O)ON1C(=O)CCC1=O)C(C)COC. The van der Waals surface area contributed by atoms with Gasteiger partial charge in [-0.3, -0.25) is 14.5 Å². The first-order valence-electron chi connectivity index (χ1n) is 7.28. The van der Waals surface area contributed by atoms with Gasteiger partial charge in [-0.25, -0.2) is 4.79 Å². The predicted molar refractivity (Wildman–Crippen MR) is 76.6 cm³/mol. The lowest BCUT2D eigenvalue weighted by atomic mass is 10.2. The van der Waals surface area contributed by atoms with Gasteiger partial charge >= 0.3 is 5.97 Å². The number of nitrogens with zero attached hydrogens (tertiary/aromatic N) is 2. The summed E-state index contributed by atoms with van der Waals surface area (Å²) in [6.07, 6.45) is 0.924. The topological polar surface area (TPSA) is 85.4 Å². The predicted octanol–water partition coefficient (Wildman–Crippen LogP) is -0.0330. The molecule has 0 bridgehead atoms. The van der Waals surface area contributed by atoms with Crippen molar-refractivity contribution in [2.24, 2.45) is 0 Å². The first-order chi connectivity index (χ1) is 10.5. The third-order valence-corrected chi connectivity index (χ3v) is 3.36. The van der Waals surface area contributed by atoms with Gasteiger partial charge in [0, 0.05) is 46.3 Å². The van der Waals surface area contributed by atoms with Crippen LogP contribution in [0.2, 0.25) is 0 Å². The minimum absolute atomic E-state index is 0.000567. The number of rotatable bonds is 10. The van der Waals surface area contributed by atoms with Crippen LogP contribution in [0.25, 0.3) is 0 Å². The maximum atomic E-state index is 12.0. The molecule has 22 heavy (non-hydrogen) atoms. The van der Waals surface area contributed by atoms with E-state index in [1.54, 1.807) is 14.2 Å². The van der Waals surface area contributed by atoms with Gasteiger partial charge in [0.15, 0.2) is 0 Å². The zero-order valence-electron chi connectivity index (χ0n) is 13.4. The molecular weight excluding hydrogens is 292 g/mol. The molecule has 1 unspecified atom stereocenters. The molecule has 8 nitrogen and oxygen atoms in total. The second-order valence-electron chi connectivity index (χ2n) is 5.17. The Morgan fingerprint density at radius 2 is 1.86 bits per heavy atom. The average Bonchev–Trinajstić information content (AvgIpc) is 2.78. The molecular formula is C14H24N2O6. The maximum Gasteiger partial charge on any atom is 0.347 e. The Labute approximate surface area is 130 Å². The Bertz CT molecular complexity index is 385. The lowest BCUT2D eigenvalue weighted by Crippen LogP contribution is -2.43. The normalized spacial score (nSPS) is 16.5. The molecule has 1 saturated heterocycles. The second-order valence-corrected chi connectivity index (χ2v) is 5.17. The third-order valence-electron chi connectivity index (χ3n) is 3.36. The maximum absolute atomic E-state index is 12.0. The molecule has 1 rings (SSSR count). The summed E-state index contributed by atoms with van der Waals surface area (Å²) in [6, 6.07) is -0.000567. The van der Waals surface area contributed by atoms with Gasteiger partial charge in [0.05, 0.1) is 13.2 Å². The molecule has 126 valence electrons. The molecule has 0 radical (unpaired) electrons. The Kier molecular flexibility index (Phi) is 8.00. The Hall–Kier alpha value is -1.51. The van der Waals surface area contributed by atoms with E-state index in [1.165, 1.54) is 0 Å². The summed E-state index contributed by atoms with van der Waals surface area (Å²) in [6.45, 7) is 3.56. The van der Waals surface area contributed by atoms with Crippen molar-refractivity contribution in [1.29, 1.82) is 0 Å². The van der Waals surface area contributed by atoms with Crippen molar-refractivity contribution in [1.82, 2.24) is 9.96 Å². The summed E-state index contributed by atoms with van der Waals surface area (Å²) in [4.78, 5) is 41.6. The standard InChI is InChI=1S/C14H24N2O6/c1-11(10-21-3)15(7-4-8-20-2)9-14(19)22-16-12(17)5-6-13(16)18/h11H,4-10H2,1-3H3. The largest absolute Gasteiger partial charge is 0.385 e. The van der Waals surface area contributed by atoms with Gasteiger partial charge in [-0.05, 0) is 13.3 Å². The molecule has 0 aromatic heterocycles. The summed E-state index contributed by atoms with van der Waals surface area (Å²) in [5, 5.41) is 0.566. The summed E-state index contributed by atoms with van der Waals surface area (Å²) in [5.41, 5.74) is 0. The molecule has 8 heteroatoms. The van der Waals surface area contributed by atoms with Crippen LogP contribution in [0.5, 0.6) is 0 Å². The van der Waals surface area contributed by atoms with Gasteiger partial charge in [-0.15, -0.1) is 5.06 Å². The molecule has 0 saturated carbocycles. The van der Waals surface area contributed by atoms with E-state index in [4.69, 9.17) is 14.3 Å². The molecule has 0 aliphatic carbocycles. The molecule has 2 amide bonds. The number of carbonyl (C=O) groups is 3. The molecule has 1 atom stereocenters. The summed E-state index contributed by atoms with van der Waals surface area (Å²) >= 11 is 0. The van der Waals surface area contributed by atoms with E-state index >= 15 is 0 Å². The second kappa shape index (κ2) is 9.50. The van der Waals surface area contributed by atoms with Gasteiger partial charge < -0.3 is 14.3 Å². The van der Waals surface area contributed by atoms with Gasteiger partial charge in [-0.1, -0.05) is 0 Å². The number of amides is 2. The average molecular weight is 316 g/mol. The number of methoxy groups -OCH3 is 2. The molecule has 1 aliphatic heterocycles. The van der Waals surface area contributed by atoms with Gasteiger partial charge in [-0.2, -0.15) is 0 Å². The number of hydroxylamine groups is 2. The van der Waals surface area contributed by atoms with Crippen molar-refractivity contribution >= 4 is 17.8 Å². The number of carbonyl (C=O) groups excluding carboxylic acids is 3. The van der Waals surface area contributed by atoms with Crippen molar-refractivity contribution in [2.45, 2.75) is 32.2 Å². The highest BCUT2D eigenvalue weighted by Gasteiger charge is 2.33. The first kappa shape index (κ1) is 18.5. The Morgan fingerprint density at radius 3 is 2.41 bits per heavy atom. The molecule has 0 N–H and O–H groups in total. The van der Waals surface area contributed by atoms with Crippen LogP contribution < -0.4 is 0 Å². The molecule has 0 spiro atoms. The lowest BCUT2D eigenvalue weighted by Gasteiger charge is -2.27. The van der Waals surface area contributed by atoms with Gasteiger partial charge in [0.25, 0.3) is 11.8 Å². The minimum Gasteiger partial charge on any atom is -0.385 e. The van der Waals surface area contributed by atoms with E-state index in [1.807, 2.05) is 11.8 Å². The van der Waals surface area contributed by atoms with E-state index in [9.17, 15) is 14.4 Å². The highest BCUT2D eigenvalue weighted by Crippen LogP contribution is 2.12. The van der Waals surface area contributed by atoms with Crippen molar-refractivity contribution in [3.8, 4) is 0 Å². The monoisotopic (exact) mass is 316 g/mol. The molecule has 1 aliphatic rings. The zero-order valence-corrected chi connectivity index (χ0v) is 13.4. The van der Waals surface area contributed by atoms with Crippen LogP contribution in [-0.2, 0) is 28.7 Å². The fourth-order valence-electron chi connectivity index (χ4n) is 2.17. The smallest absolute Gasteiger partial charge is 0.347 e. The number of hydrogen-bond acceptors (Lipinski definition) is 7. The zero-order chi connectivity index (χ0) is 16.5. The van der Waals surface area contributed by atoms with Crippen molar-refractivity contribution in [2.75, 3.05) is 40.5 Å². The fourth-order valence-corrected chi connectivity index (χ4v) is 2.17. The number of hydrogen-bond donors (Lipinski definition) is 0. The first-order valence-corrected chi connectivity index (χ1v) is 7.28. The van der Waals surface area contributed by atoms with Crippen molar-refractivity contribution < 1.29 is 28.7 Å². The minimum atomic E-state index is -0.635. The molecule has 1 fully saturated rings. The third kappa shape index (κ3) is 5.70. The summed E-state index contributed by atoms with van der Waals surface area (Å²) in [7, 11) is 3.20. The van der Waals surface area contributed by atoms with Gasteiger partial charge in [0.1, 0.15) is 0 Å². The van der Waals surface area contributed by atoms with Crippen molar-refractivity contribution in [3.63, 3.8) is 0 Å². The highest BCUT2D eigenvalue weighted by molar-refractivity contribution is 6.01. The van der Waals surface area contributed by atoms with Crippen LogP contribution in [0, 0.1) is 0 Å². The van der Waals surface area contributed by atoms with E-state index in [0.717, 1.165) is 6.42 Å². The van der Waals surface area contributed by atoms with Gasteiger partial charge in [0.2, 0.25) is 0 Å². The summed E-state index contributed by atoms with van der Waals surface area (Å²) < 4.78 is 10.1. The quantitative estimate of drug-likeness (QED) is 0.413. The van der Waals surface area contributed by atoms with Crippen molar-refractivity contribution in [3.05, 3.63) is 0 Å². The number of imide groups is 1. The summed E-state index contributed by atoms with van der Waals surface area (Å²) in [5.74, 6) is -1.59. The van der Waals surface area contributed by atoms with Crippen LogP contribution >= 0.6 is 0 Å².